The number of carboxylic acids is 2. The molecule has 0 aliphatic carbocycles. The monoisotopic (exact) mass is 813 g/mol. The zero-order valence-corrected chi connectivity index (χ0v) is 34.5. The van der Waals surface area contributed by atoms with Gasteiger partial charge in [-0.05, 0) is 67.3 Å². The Labute approximate surface area is 344 Å². The number of aliphatic carboxylic acids is 2. The second-order valence-electron chi connectivity index (χ2n) is 17.7. The number of nitrogens with zero attached hydrogens (tertiary/aromatic N) is 11. The van der Waals surface area contributed by atoms with Crippen LogP contribution in [0.4, 0.5) is 11.6 Å². The zero-order chi connectivity index (χ0) is 41.5. The minimum atomic E-state index is -0.876. The van der Waals surface area contributed by atoms with E-state index in [4.69, 9.17) is 9.97 Å². The van der Waals surface area contributed by atoms with Crippen molar-refractivity contribution in [1.29, 1.82) is 0 Å². The lowest BCUT2D eigenvalue weighted by Gasteiger charge is -2.49. The number of aromatic nitrogens is 10. The quantitative estimate of drug-likeness (QED) is 0.0703. The van der Waals surface area contributed by atoms with Crippen LogP contribution in [0.3, 0.4) is 0 Å². The van der Waals surface area contributed by atoms with E-state index in [9.17, 15) is 19.8 Å². The molecule has 3 fully saturated rings. The van der Waals surface area contributed by atoms with Crippen molar-refractivity contribution in [2.45, 2.75) is 71.3 Å². The molecule has 4 aromatic rings. The molecule has 19 nitrogen and oxygen atoms in total. The number of rotatable bonds is 21. The zero-order valence-electron chi connectivity index (χ0n) is 34.5. The summed E-state index contributed by atoms with van der Waals surface area (Å²) in [5, 5.41) is 56.8. The van der Waals surface area contributed by atoms with Crippen LogP contribution in [0.2, 0.25) is 0 Å². The summed E-state index contributed by atoms with van der Waals surface area (Å²) in [6.07, 6.45) is 5.51. The summed E-state index contributed by atoms with van der Waals surface area (Å²) >= 11 is 0. The van der Waals surface area contributed by atoms with Gasteiger partial charge in [0.2, 0.25) is 0 Å². The molecule has 3 aliphatic heterocycles. The normalized spacial score (nSPS) is 19.7. The third-order valence-electron chi connectivity index (χ3n) is 12.3. The molecule has 0 spiro atoms. The number of aromatic amines is 2. The molecule has 59 heavy (non-hydrogen) atoms. The van der Waals surface area contributed by atoms with Gasteiger partial charge in [-0.15, -0.1) is 20.4 Å². The van der Waals surface area contributed by atoms with Crippen LogP contribution >= 0.6 is 0 Å². The Bertz CT molecular complexity index is 1910. The highest BCUT2D eigenvalue weighted by molar-refractivity contribution is 5.71. The Hall–Kier alpha value is -5.14. The number of anilines is 2. The average molecular weight is 814 g/mol. The number of nitrogens with one attached hydrogen (secondary N) is 4. The number of hydrogen-bond donors (Lipinski definition) is 6. The fourth-order valence-corrected chi connectivity index (χ4v) is 9.03. The first-order valence-corrected chi connectivity index (χ1v) is 20.9. The van der Waals surface area contributed by atoms with Gasteiger partial charge in [0.15, 0.2) is 11.6 Å². The number of tetrazole rings is 2. The van der Waals surface area contributed by atoms with Crippen molar-refractivity contribution in [3.8, 4) is 0 Å². The van der Waals surface area contributed by atoms with Crippen molar-refractivity contribution in [3.05, 3.63) is 59.4 Å². The maximum absolute atomic E-state index is 12.8. The molecule has 318 valence electrons. The van der Waals surface area contributed by atoms with E-state index in [1.165, 1.54) is 0 Å². The molecule has 1 unspecified atom stereocenters. The van der Waals surface area contributed by atoms with Crippen LogP contribution in [0, 0.1) is 29.1 Å². The summed E-state index contributed by atoms with van der Waals surface area (Å²) < 4.78 is 0. The van der Waals surface area contributed by atoms with Gasteiger partial charge < -0.3 is 30.6 Å². The number of pyridine rings is 2. The number of carboxylic acid groups (broad SMARTS) is 2. The first kappa shape index (κ1) is 42.0. The summed E-state index contributed by atoms with van der Waals surface area (Å²) in [5.74, 6) is -1.12. The molecule has 0 aromatic carbocycles. The third kappa shape index (κ3) is 10.5. The largest absolute Gasteiger partial charge is 0.481 e. The lowest BCUT2D eigenvalue weighted by molar-refractivity contribution is -0.144. The van der Waals surface area contributed by atoms with Crippen molar-refractivity contribution in [2.24, 2.45) is 29.1 Å². The van der Waals surface area contributed by atoms with Crippen LogP contribution in [0.5, 0.6) is 0 Å². The Morgan fingerprint density at radius 3 is 1.83 bits per heavy atom. The predicted octanol–water partition coefficient (Wildman–Crippen LogP) is 1.84. The molecule has 7 heterocycles. The molecule has 4 aromatic heterocycles. The minimum Gasteiger partial charge on any atom is -0.481 e. The van der Waals surface area contributed by atoms with E-state index in [0.29, 0.717) is 49.9 Å². The highest BCUT2D eigenvalue weighted by Crippen LogP contribution is 2.36. The molecule has 3 saturated heterocycles. The van der Waals surface area contributed by atoms with E-state index in [1.54, 1.807) is 0 Å². The second kappa shape index (κ2) is 18.8. The maximum Gasteiger partial charge on any atom is 0.307 e. The third-order valence-corrected chi connectivity index (χ3v) is 12.3. The van der Waals surface area contributed by atoms with Crippen molar-refractivity contribution in [2.75, 3.05) is 75.2 Å². The molecule has 0 saturated carbocycles. The van der Waals surface area contributed by atoms with Crippen LogP contribution in [0.25, 0.3) is 0 Å². The van der Waals surface area contributed by atoms with E-state index >= 15 is 0 Å². The number of carbonyl (C=O) groups is 2. The van der Waals surface area contributed by atoms with Gasteiger partial charge in [-0.2, -0.15) is 10.4 Å². The van der Waals surface area contributed by atoms with Crippen LogP contribution in [0.1, 0.15) is 75.1 Å². The van der Waals surface area contributed by atoms with Gasteiger partial charge in [0.05, 0.1) is 11.8 Å². The SMILES string of the molecule is CC(C)C[C@H](C(=O)O)[C@H](Cc1ccc(N2CC(C)(CNCC(C)C[C@H](C(=O)O)[C@H](Cc3ccc(N4CC(N5CCNCC5)C4)nc3)c3nn[nH]n3)C2)nc1)c1nn[nH]n1. The van der Waals surface area contributed by atoms with Gasteiger partial charge in [-0.1, -0.05) is 50.3 Å². The maximum atomic E-state index is 12.8. The molecular weight excluding hydrogens is 755 g/mol. The molecule has 3 aliphatic rings. The van der Waals surface area contributed by atoms with E-state index < -0.39 is 35.6 Å². The molecule has 0 bridgehead atoms. The highest BCUT2D eigenvalue weighted by atomic mass is 16.4. The summed E-state index contributed by atoms with van der Waals surface area (Å²) in [5.41, 5.74) is 1.87. The van der Waals surface area contributed by atoms with E-state index in [-0.39, 0.29) is 17.3 Å². The molecule has 6 N–H and O–H groups in total. The van der Waals surface area contributed by atoms with Gasteiger partial charge in [-0.25, -0.2) is 9.97 Å². The van der Waals surface area contributed by atoms with Crippen molar-refractivity contribution in [3.63, 3.8) is 0 Å². The second-order valence-corrected chi connectivity index (χ2v) is 17.7. The van der Waals surface area contributed by atoms with Crippen molar-refractivity contribution in [1.82, 2.24) is 66.7 Å². The first-order chi connectivity index (χ1) is 28.4. The van der Waals surface area contributed by atoms with E-state index in [1.807, 2.05) is 50.5 Å². The van der Waals surface area contributed by atoms with Crippen LogP contribution in [0.15, 0.2) is 36.7 Å². The smallest absolute Gasteiger partial charge is 0.307 e. The number of piperazine rings is 1. The van der Waals surface area contributed by atoms with E-state index in [2.05, 4.69) is 80.4 Å². The van der Waals surface area contributed by atoms with Gasteiger partial charge >= 0.3 is 11.9 Å². The van der Waals surface area contributed by atoms with Crippen molar-refractivity contribution >= 4 is 23.6 Å². The molecule has 7 rings (SSSR count). The van der Waals surface area contributed by atoms with Crippen molar-refractivity contribution < 1.29 is 19.8 Å². The lowest BCUT2D eigenvalue weighted by Crippen LogP contribution is -2.63. The number of hydrogen-bond acceptors (Lipinski definition) is 15. The Kier molecular flexibility index (Phi) is 13.4. The average Bonchev–Trinajstić information content (AvgIpc) is 3.93. The fourth-order valence-electron chi connectivity index (χ4n) is 9.03. The van der Waals surface area contributed by atoms with Crippen LogP contribution in [-0.2, 0) is 22.4 Å². The summed E-state index contributed by atoms with van der Waals surface area (Å²) in [6.45, 7) is 17.6. The Morgan fingerprint density at radius 1 is 0.814 bits per heavy atom. The van der Waals surface area contributed by atoms with Gasteiger partial charge in [0.25, 0.3) is 0 Å². The van der Waals surface area contributed by atoms with Crippen LogP contribution < -0.4 is 20.4 Å². The van der Waals surface area contributed by atoms with Gasteiger partial charge in [0, 0.05) is 94.6 Å². The summed E-state index contributed by atoms with van der Waals surface area (Å²) in [7, 11) is 0. The fraction of sp³-hybridized carbons (Fsp3) is 0.650. The molecule has 0 amide bonds. The lowest BCUT2D eigenvalue weighted by atomic mass is 9.80. The molecule has 0 radical (unpaired) electrons. The van der Waals surface area contributed by atoms with E-state index in [0.717, 1.165) is 81.7 Å². The number of H-pyrrole nitrogens is 2. The minimum absolute atomic E-state index is 0.0237. The van der Waals surface area contributed by atoms with Gasteiger partial charge in [0.1, 0.15) is 11.6 Å². The topological polar surface area (TPSA) is 243 Å². The summed E-state index contributed by atoms with van der Waals surface area (Å²) in [4.78, 5) is 41.6. The molecule has 5 atom stereocenters. The Morgan fingerprint density at radius 2 is 1.36 bits per heavy atom. The molecule has 19 heteroatoms. The summed E-state index contributed by atoms with van der Waals surface area (Å²) in [6, 6.07) is 8.64. The Balaban J connectivity index is 0.885. The predicted molar refractivity (Wildman–Crippen MR) is 219 cm³/mol. The first-order valence-electron chi connectivity index (χ1n) is 20.9. The van der Waals surface area contributed by atoms with Crippen LogP contribution in [-0.4, -0.2) is 150 Å². The molecular formula is C40H59N15O4. The van der Waals surface area contributed by atoms with Gasteiger partial charge in [-0.3, -0.25) is 14.5 Å². The standard InChI is InChI=1S/C40H59N15O4/c1-25(2)13-32(38(56)57)30(36-45-49-50-46-36)15-28-6-8-35(44-19-28)55-23-40(4,24-55)22-42-17-26(3)14-33(39(58)59)31(37-47-51-52-48-37)16-27-5-7-34(43-18-27)54-20-29(21-54)53-11-9-41-10-12-53/h5-8,18-19,25-26,29-33,41-42H,9-17,20-24H2,1-4H3,(H,56,57)(H,58,59)(H,45,46,49,50)(H,47,48,51,52)/t26?,30-,31-,32-,33-/m0/s1. The highest BCUT2D eigenvalue weighted by Gasteiger charge is 2.40.